The number of carbonyl (C=O) groups is 1. The third kappa shape index (κ3) is 2.89. The summed E-state index contributed by atoms with van der Waals surface area (Å²) in [6.07, 6.45) is 0.273. The minimum absolute atomic E-state index is 0.156. The monoisotopic (exact) mass is 393 g/mol. The summed E-state index contributed by atoms with van der Waals surface area (Å²) in [5.41, 5.74) is 2.84. The number of rotatable bonds is 3. The maximum Gasteiger partial charge on any atom is 0.339 e. The molecule has 136 valence electrons. The fourth-order valence-corrected chi connectivity index (χ4v) is 3.81. The number of aromatic carboxylic acids is 1. The Hall–Kier alpha value is -2.31. The van der Waals surface area contributed by atoms with E-state index in [1.165, 1.54) is 0 Å². The molecule has 0 amide bonds. The Kier molecular flexibility index (Phi) is 3.86. The Balaban J connectivity index is 1.66. The average molecular weight is 394 g/mol. The van der Waals surface area contributed by atoms with Crippen molar-refractivity contribution in [3.8, 4) is 5.75 Å². The normalized spacial score (nSPS) is 19.0. The summed E-state index contributed by atoms with van der Waals surface area (Å²) in [4.78, 5) is 11.6. The van der Waals surface area contributed by atoms with E-state index in [1.807, 2.05) is 13.8 Å². The van der Waals surface area contributed by atoms with E-state index in [9.17, 15) is 9.90 Å². The molecule has 8 heteroatoms. The molecule has 1 unspecified atom stereocenters. The summed E-state index contributed by atoms with van der Waals surface area (Å²) in [5, 5.41) is 20.4. The Morgan fingerprint density at radius 3 is 2.77 bits per heavy atom. The smallest absolute Gasteiger partial charge is 0.339 e. The van der Waals surface area contributed by atoms with Gasteiger partial charge >= 0.3 is 5.97 Å². The van der Waals surface area contributed by atoms with E-state index < -0.39 is 11.6 Å². The summed E-state index contributed by atoms with van der Waals surface area (Å²) in [6.45, 7) is 3.88. The zero-order valence-electron chi connectivity index (χ0n) is 14.1. The van der Waals surface area contributed by atoms with E-state index >= 15 is 0 Å². The first-order chi connectivity index (χ1) is 12.2. The topological polar surface area (TPSA) is 82.6 Å². The molecule has 0 aromatic heterocycles. The molecule has 0 spiro atoms. The zero-order valence-corrected chi connectivity index (χ0v) is 15.6. The SMILES string of the molecule is CC1(C)Cc2c3c(cc(C(=O)O)c2O1)NC(Nc1ccc(Cl)cc1Cl)N3. The standard InChI is InChI=1S/C18H17Cl2N3O3/c1-18(2)7-10-14-13(6-9(16(24)25)15(10)26-18)22-17(23-14)21-12-4-3-8(19)5-11(12)20/h3-6,17,21-23H,7H2,1-2H3,(H,24,25). The number of halogens is 2. The molecular weight excluding hydrogens is 377 g/mol. The van der Waals surface area contributed by atoms with Crippen LogP contribution in [-0.4, -0.2) is 23.0 Å². The third-order valence-electron chi connectivity index (χ3n) is 4.41. The van der Waals surface area contributed by atoms with Gasteiger partial charge in [0, 0.05) is 17.0 Å². The lowest BCUT2D eigenvalue weighted by atomic mass is 9.98. The fourth-order valence-electron chi connectivity index (χ4n) is 3.35. The number of nitrogens with one attached hydrogen (secondary N) is 3. The molecule has 0 saturated heterocycles. The highest BCUT2D eigenvalue weighted by Gasteiger charge is 2.39. The first-order valence-electron chi connectivity index (χ1n) is 8.10. The maximum absolute atomic E-state index is 11.6. The molecule has 1 atom stereocenters. The molecule has 4 N–H and O–H groups in total. The van der Waals surface area contributed by atoms with Crippen LogP contribution < -0.4 is 20.7 Å². The van der Waals surface area contributed by atoms with E-state index in [-0.39, 0.29) is 11.9 Å². The molecule has 0 bridgehead atoms. The number of hydrogen-bond donors (Lipinski definition) is 4. The maximum atomic E-state index is 11.6. The van der Waals surface area contributed by atoms with Crippen molar-refractivity contribution in [2.45, 2.75) is 32.2 Å². The highest BCUT2D eigenvalue weighted by molar-refractivity contribution is 6.36. The predicted molar refractivity (Wildman–Crippen MR) is 103 cm³/mol. The van der Waals surface area contributed by atoms with Crippen LogP contribution in [0.2, 0.25) is 10.0 Å². The van der Waals surface area contributed by atoms with Crippen molar-refractivity contribution < 1.29 is 14.6 Å². The number of hydrogen-bond acceptors (Lipinski definition) is 5. The third-order valence-corrected chi connectivity index (χ3v) is 4.96. The second-order valence-electron chi connectivity index (χ2n) is 6.99. The molecule has 2 aromatic carbocycles. The number of anilines is 3. The minimum atomic E-state index is -1.01. The fraction of sp³-hybridized carbons (Fsp3) is 0.278. The van der Waals surface area contributed by atoms with E-state index in [0.717, 1.165) is 11.3 Å². The minimum Gasteiger partial charge on any atom is -0.486 e. The van der Waals surface area contributed by atoms with Gasteiger partial charge in [-0.1, -0.05) is 23.2 Å². The number of ether oxygens (including phenoxy) is 1. The highest BCUT2D eigenvalue weighted by atomic mass is 35.5. The first-order valence-corrected chi connectivity index (χ1v) is 8.86. The Morgan fingerprint density at radius 2 is 2.08 bits per heavy atom. The van der Waals surface area contributed by atoms with Gasteiger partial charge in [-0.2, -0.15) is 0 Å². The lowest BCUT2D eigenvalue weighted by Gasteiger charge is -2.18. The van der Waals surface area contributed by atoms with Gasteiger partial charge in [-0.25, -0.2) is 4.79 Å². The van der Waals surface area contributed by atoms with Crippen molar-refractivity contribution >= 4 is 46.2 Å². The zero-order chi connectivity index (χ0) is 18.6. The predicted octanol–water partition coefficient (Wildman–Crippen LogP) is 4.64. The quantitative estimate of drug-likeness (QED) is 0.607. The second kappa shape index (κ2) is 5.86. The summed E-state index contributed by atoms with van der Waals surface area (Å²) in [5.74, 6) is -0.582. The van der Waals surface area contributed by atoms with Crippen molar-refractivity contribution in [3.63, 3.8) is 0 Å². The van der Waals surface area contributed by atoms with E-state index in [0.29, 0.717) is 33.6 Å². The number of carboxylic acids is 1. The lowest BCUT2D eigenvalue weighted by Crippen LogP contribution is -2.31. The van der Waals surface area contributed by atoms with Gasteiger partial charge in [0.1, 0.15) is 16.9 Å². The second-order valence-corrected chi connectivity index (χ2v) is 7.83. The first kappa shape index (κ1) is 17.1. The largest absolute Gasteiger partial charge is 0.486 e. The van der Waals surface area contributed by atoms with Crippen LogP contribution in [0.25, 0.3) is 0 Å². The molecule has 4 rings (SSSR count). The molecule has 26 heavy (non-hydrogen) atoms. The van der Waals surface area contributed by atoms with Gasteiger partial charge in [-0.15, -0.1) is 0 Å². The molecule has 0 radical (unpaired) electrons. The van der Waals surface area contributed by atoms with Crippen LogP contribution in [0.4, 0.5) is 17.1 Å². The molecule has 6 nitrogen and oxygen atoms in total. The Labute approximate surface area is 160 Å². The molecule has 2 aliphatic heterocycles. The van der Waals surface area contributed by atoms with Crippen molar-refractivity contribution in [1.29, 1.82) is 0 Å². The summed E-state index contributed by atoms with van der Waals surface area (Å²) in [7, 11) is 0. The van der Waals surface area contributed by atoms with Gasteiger partial charge in [-0.3, -0.25) is 0 Å². The van der Waals surface area contributed by atoms with Crippen molar-refractivity contribution in [1.82, 2.24) is 0 Å². The van der Waals surface area contributed by atoms with Gasteiger partial charge in [0.2, 0.25) is 0 Å². The summed E-state index contributed by atoms with van der Waals surface area (Å²) >= 11 is 12.1. The molecule has 2 aromatic rings. The van der Waals surface area contributed by atoms with E-state index in [1.54, 1.807) is 24.3 Å². The molecule has 2 aliphatic rings. The van der Waals surface area contributed by atoms with Crippen LogP contribution in [0, 0.1) is 0 Å². The molecule has 2 heterocycles. The highest BCUT2D eigenvalue weighted by Crippen LogP contribution is 2.47. The van der Waals surface area contributed by atoms with Crippen molar-refractivity contribution in [3.05, 3.63) is 45.4 Å². The lowest BCUT2D eigenvalue weighted by molar-refractivity contribution is 0.0685. The molecule has 0 saturated carbocycles. The van der Waals surface area contributed by atoms with Gasteiger partial charge in [0.25, 0.3) is 0 Å². The van der Waals surface area contributed by atoms with Crippen LogP contribution in [-0.2, 0) is 6.42 Å². The molecule has 0 aliphatic carbocycles. The van der Waals surface area contributed by atoms with Crippen LogP contribution in [0.3, 0.4) is 0 Å². The number of benzene rings is 2. The Morgan fingerprint density at radius 1 is 1.31 bits per heavy atom. The molecular formula is C18H17Cl2N3O3. The summed E-state index contributed by atoms with van der Waals surface area (Å²) in [6, 6.07) is 6.78. The number of fused-ring (bicyclic) bond motifs is 3. The van der Waals surface area contributed by atoms with Crippen molar-refractivity contribution in [2.24, 2.45) is 0 Å². The van der Waals surface area contributed by atoms with Crippen LogP contribution >= 0.6 is 23.2 Å². The van der Waals surface area contributed by atoms with Gasteiger partial charge in [0.15, 0.2) is 6.29 Å². The van der Waals surface area contributed by atoms with E-state index in [2.05, 4.69) is 16.0 Å². The van der Waals surface area contributed by atoms with Crippen molar-refractivity contribution in [2.75, 3.05) is 16.0 Å². The number of carboxylic acid groups (broad SMARTS) is 1. The molecule has 0 fully saturated rings. The van der Waals surface area contributed by atoms with Gasteiger partial charge in [-0.05, 0) is 38.1 Å². The van der Waals surface area contributed by atoms with E-state index in [4.69, 9.17) is 27.9 Å². The van der Waals surface area contributed by atoms with Gasteiger partial charge in [0.05, 0.1) is 22.1 Å². The summed E-state index contributed by atoms with van der Waals surface area (Å²) < 4.78 is 5.89. The van der Waals surface area contributed by atoms with Crippen LogP contribution in [0.5, 0.6) is 5.75 Å². The van der Waals surface area contributed by atoms with Crippen LogP contribution in [0.15, 0.2) is 24.3 Å². The Bertz CT molecular complexity index is 930. The average Bonchev–Trinajstić information content (AvgIpc) is 3.08. The van der Waals surface area contributed by atoms with Crippen LogP contribution in [0.1, 0.15) is 29.8 Å². The van der Waals surface area contributed by atoms with Gasteiger partial charge < -0.3 is 25.8 Å².